The number of carbonyl (C=O) groups is 1. The van der Waals surface area contributed by atoms with E-state index in [-0.39, 0.29) is 5.91 Å². The number of hydrogen-bond donors (Lipinski definition) is 0. The van der Waals surface area contributed by atoms with Crippen LogP contribution < -0.4 is 9.80 Å². The minimum absolute atomic E-state index is 0.000422. The van der Waals surface area contributed by atoms with Crippen molar-refractivity contribution < 1.29 is 4.79 Å². The zero-order valence-corrected chi connectivity index (χ0v) is 18.7. The van der Waals surface area contributed by atoms with Crippen LogP contribution in [0.3, 0.4) is 0 Å². The van der Waals surface area contributed by atoms with E-state index in [9.17, 15) is 4.79 Å². The van der Waals surface area contributed by atoms with Gasteiger partial charge in [-0.25, -0.2) is 15.0 Å². The van der Waals surface area contributed by atoms with E-state index in [2.05, 4.69) is 19.9 Å². The summed E-state index contributed by atoms with van der Waals surface area (Å²) in [5, 5.41) is 0. The molecule has 2 aliphatic rings. The summed E-state index contributed by atoms with van der Waals surface area (Å²) >= 11 is 1.95. The number of aryl methyl sites for hydroxylation is 1. The van der Waals surface area contributed by atoms with Gasteiger partial charge < -0.3 is 4.90 Å². The van der Waals surface area contributed by atoms with E-state index < -0.39 is 5.41 Å². The predicted octanol–water partition coefficient (Wildman–Crippen LogP) is 3.75. The molecule has 0 spiro atoms. The molecular formula is C23H24N6OS. The number of aromatic nitrogens is 4. The second kappa shape index (κ2) is 7.60. The van der Waals surface area contributed by atoms with Gasteiger partial charge in [-0.3, -0.25) is 14.7 Å². The largest absolute Gasteiger partial charge is 0.354 e. The number of nitrogens with zero attached hydrogens (tertiary/aromatic N) is 6. The maximum Gasteiger partial charge on any atom is 0.242 e. The standard InChI is InChI=1S/C23H24N6OS/c1-15-25-11-17(12-26-15)16-4-5-18-19(10-16)29(22(30)23(18,2)3)21-14-24-13-20(27-21)28-6-8-31-9-7-28/h4-5,10-14H,6-9H2,1-3H3. The summed E-state index contributed by atoms with van der Waals surface area (Å²) in [6.45, 7) is 7.67. The highest BCUT2D eigenvalue weighted by molar-refractivity contribution is 7.99. The molecule has 0 N–H and O–H groups in total. The number of thioether (sulfide) groups is 1. The van der Waals surface area contributed by atoms with Crippen LogP contribution in [0.5, 0.6) is 0 Å². The van der Waals surface area contributed by atoms with E-state index in [1.807, 2.05) is 63.1 Å². The van der Waals surface area contributed by atoms with E-state index in [0.29, 0.717) is 5.82 Å². The Morgan fingerprint density at radius 1 is 0.968 bits per heavy atom. The van der Waals surface area contributed by atoms with Gasteiger partial charge in [0.2, 0.25) is 5.91 Å². The van der Waals surface area contributed by atoms with Crippen LogP contribution in [0.1, 0.15) is 25.2 Å². The molecule has 0 radical (unpaired) electrons. The van der Waals surface area contributed by atoms with Crippen LogP contribution in [0.25, 0.3) is 11.1 Å². The third kappa shape index (κ3) is 3.44. The van der Waals surface area contributed by atoms with Gasteiger partial charge in [-0.05, 0) is 38.0 Å². The van der Waals surface area contributed by atoms with E-state index in [4.69, 9.17) is 4.98 Å². The van der Waals surface area contributed by atoms with Gasteiger partial charge in [-0.1, -0.05) is 12.1 Å². The Hall–Kier alpha value is -3.00. The average molecular weight is 433 g/mol. The first-order valence-corrected chi connectivity index (χ1v) is 11.5. The molecule has 0 atom stereocenters. The quantitative estimate of drug-likeness (QED) is 0.624. The lowest BCUT2D eigenvalue weighted by molar-refractivity contribution is -0.121. The highest BCUT2D eigenvalue weighted by Crippen LogP contribution is 2.46. The van der Waals surface area contributed by atoms with Gasteiger partial charge in [0, 0.05) is 42.6 Å². The van der Waals surface area contributed by atoms with E-state index in [0.717, 1.165) is 58.6 Å². The number of hydrogen-bond acceptors (Lipinski definition) is 7. The maximum absolute atomic E-state index is 13.5. The molecule has 1 saturated heterocycles. The summed E-state index contributed by atoms with van der Waals surface area (Å²) in [6.07, 6.45) is 7.08. The molecule has 0 bridgehead atoms. The number of carbonyl (C=O) groups excluding carboxylic acids is 1. The van der Waals surface area contributed by atoms with Crippen molar-refractivity contribution in [1.82, 2.24) is 19.9 Å². The molecule has 1 amide bonds. The SMILES string of the molecule is Cc1ncc(-c2ccc3c(c2)N(c2cncc(N4CCSCC4)n2)C(=O)C3(C)C)cn1. The van der Waals surface area contributed by atoms with Crippen molar-refractivity contribution in [2.24, 2.45) is 0 Å². The van der Waals surface area contributed by atoms with Crippen LogP contribution in [0, 0.1) is 6.92 Å². The third-order valence-electron chi connectivity index (χ3n) is 5.94. The molecule has 7 nitrogen and oxygen atoms in total. The second-order valence-electron chi connectivity index (χ2n) is 8.35. The molecule has 1 fully saturated rings. The van der Waals surface area contributed by atoms with Crippen molar-refractivity contribution in [1.29, 1.82) is 0 Å². The molecule has 0 saturated carbocycles. The van der Waals surface area contributed by atoms with Crippen LogP contribution >= 0.6 is 11.8 Å². The molecule has 31 heavy (non-hydrogen) atoms. The maximum atomic E-state index is 13.5. The molecule has 158 valence electrons. The highest BCUT2D eigenvalue weighted by Gasteiger charge is 2.45. The van der Waals surface area contributed by atoms with Gasteiger partial charge in [-0.15, -0.1) is 0 Å². The van der Waals surface area contributed by atoms with Crippen molar-refractivity contribution >= 4 is 35.0 Å². The molecule has 8 heteroatoms. The summed E-state index contributed by atoms with van der Waals surface area (Å²) in [5.74, 6) is 4.26. The molecule has 0 aliphatic carbocycles. The Morgan fingerprint density at radius 2 is 1.68 bits per heavy atom. The van der Waals surface area contributed by atoms with Crippen molar-refractivity contribution in [3.05, 3.63) is 54.4 Å². The number of rotatable bonds is 3. The number of benzene rings is 1. The van der Waals surface area contributed by atoms with Crippen LogP contribution in [-0.2, 0) is 10.2 Å². The van der Waals surface area contributed by atoms with Gasteiger partial charge in [0.1, 0.15) is 11.6 Å². The summed E-state index contributed by atoms with van der Waals surface area (Å²) < 4.78 is 0. The first-order chi connectivity index (χ1) is 14.9. The highest BCUT2D eigenvalue weighted by atomic mass is 32.2. The number of fused-ring (bicyclic) bond motifs is 1. The summed E-state index contributed by atoms with van der Waals surface area (Å²) in [5.41, 5.74) is 3.06. The fourth-order valence-corrected chi connectivity index (χ4v) is 5.00. The van der Waals surface area contributed by atoms with E-state index >= 15 is 0 Å². The molecule has 1 aromatic carbocycles. The van der Waals surface area contributed by atoms with E-state index in [1.54, 1.807) is 17.3 Å². The summed E-state index contributed by atoms with van der Waals surface area (Å²) in [4.78, 5) is 35.3. The fourth-order valence-electron chi connectivity index (χ4n) is 4.10. The van der Waals surface area contributed by atoms with Crippen molar-refractivity contribution in [2.45, 2.75) is 26.2 Å². The average Bonchev–Trinajstić information content (AvgIpc) is 3.00. The molecule has 2 aliphatic heterocycles. The monoisotopic (exact) mass is 432 g/mol. The van der Waals surface area contributed by atoms with Gasteiger partial charge in [-0.2, -0.15) is 11.8 Å². The van der Waals surface area contributed by atoms with Gasteiger partial charge >= 0.3 is 0 Å². The molecule has 3 aromatic rings. The second-order valence-corrected chi connectivity index (χ2v) is 9.58. The Morgan fingerprint density at radius 3 is 2.42 bits per heavy atom. The number of anilines is 3. The molecule has 4 heterocycles. The van der Waals surface area contributed by atoms with Crippen LogP contribution in [0.15, 0.2) is 43.0 Å². The Labute approximate surface area is 186 Å². The van der Waals surface area contributed by atoms with Crippen molar-refractivity contribution in [3.63, 3.8) is 0 Å². The smallest absolute Gasteiger partial charge is 0.242 e. The Balaban J connectivity index is 1.58. The van der Waals surface area contributed by atoms with Gasteiger partial charge in [0.15, 0.2) is 5.82 Å². The first-order valence-electron chi connectivity index (χ1n) is 10.4. The molecule has 2 aromatic heterocycles. The fraction of sp³-hybridized carbons (Fsp3) is 0.348. The molecule has 5 rings (SSSR count). The van der Waals surface area contributed by atoms with Crippen molar-refractivity contribution in [3.8, 4) is 11.1 Å². The third-order valence-corrected chi connectivity index (χ3v) is 6.88. The van der Waals surface area contributed by atoms with Gasteiger partial charge in [0.05, 0.1) is 23.5 Å². The summed E-state index contributed by atoms with van der Waals surface area (Å²) in [7, 11) is 0. The van der Waals surface area contributed by atoms with Crippen LogP contribution in [-0.4, -0.2) is 50.4 Å². The number of amides is 1. The Kier molecular flexibility index (Phi) is 4.89. The minimum Gasteiger partial charge on any atom is -0.354 e. The topological polar surface area (TPSA) is 75.1 Å². The van der Waals surface area contributed by atoms with Gasteiger partial charge in [0.25, 0.3) is 0 Å². The first kappa shape index (κ1) is 19.9. The van der Waals surface area contributed by atoms with Crippen molar-refractivity contribution in [2.75, 3.05) is 34.4 Å². The Bertz CT molecular complexity index is 1140. The zero-order valence-electron chi connectivity index (χ0n) is 17.9. The minimum atomic E-state index is -0.642. The van der Waals surface area contributed by atoms with Crippen LogP contribution in [0.2, 0.25) is 0 Å². The predicted molar refractivity (Wildman–Crippen MR) is 124 cm³/mol. The zero-order chi connectivity index (χ0) is 21.6. The van der Waals surface area contributed by atoms with E-state index in [1.165, 1.54) is 0 Å². The lowest BCUT2D eigenvalue weighted by Gasteiger charge is -2.28. The molecular weight excluding hydrogens is 408 g/mol. The lowest BCUT2D eigenvalue weighted by atomic mass is 9.85. The van der Waals surface area contributed by atoms with Crippen LogP contribution in [0.4, 0.5) is 17.3 Å². The molecule has 0 unspecified atom stereocenters. The summed E-state index contributed by atoms with van der Waals surface area (Å²) in [6, 6.07) is 6.09. The normalized spacial score (nSPS) is 17.7. The lowest BCUT2D eigenvalue weighted by Crippen LogP contribution is -2.35.